The van der Waals surface area contributed by atoms with Crippen molar-refractivity contribution < 1.29 is 23.8 Å². The normalized spacial score (nSPS) is 14.5. The molecule has 1 saturated heterocycles. The third-order valence-electron chi connectivity index (χ3n) is 5.45. The van der Waals surface area contributed by atoms with Crippen molar-refractivity contribution >= 4 is 22.8 Å². The summed E-state index contributed by atoms with van der Waals surface area (Å²) in [7, 11) is 0. The molecule has 2 heterocycles. The van der Waals surface area contributed by atoms with Crippen molar-refractivity contribution in [3.63, 3.8) is 0 Å². The van der Waals surface area contributed by atoms with Crippen LogP contribution in [0.15, 0.2) is 57.7 Å². The lowest BCUT2D eigenvalue weighted by atomic mass is 9.96. The molecule has 3 aromatic rings. The molecule has 4 rings (SSSR count). The Bertz CT molecular complexity index is 1180. The number of carbonyl (C=O) groups excluding carboxylic acids is 2. The molecule has 0 atom stereocenters. The number of benzene rings is 2. The van der Waals surface area contributed by atoms with Crippen LogP contribution in [0.25, 0.3) is 22.3 Å². The van der Waals surface area contributed by atoms with E-state index in [1.54, 1.807) is 4.90 Å². The maximum Gasteiger partial charge on any atom is 0.260 e. The van der Waals surface area contributed by atoms with E-state index in [4.69, 9.17) is 14.9 Å². The Morgan fingerprint density at radius 1 is 1.13 bits per heavy atom. The van der Waals surface area contributed by atoms with E-state index in [1.165, 1.54) is 18.2 Å². The van der Waals surface area contributed by atoms with Crippen LogP contribution >= 0.6 is 0 Å². The standard InChI is InChI=1S/C23H22N2O6/c24-23(29)15-6-8-25(9-7-15)21(28)13-30-16-10-17(26)22-18(27)12-19(31-20(22)11-16)14-4-2-1-3-5-14/h1-5,10-12,15,26H,6-9,13H2,(H2,24,29). The first-order valence-electron chi connectivity index (χ1n) is 9.98. The lowest BCUT2D eigenvalue weighted by Crippen LogP contribution is -2.43. The topological polar surface area (TPSA) is 123 Å². The summed E-state index contributed by atoms with van der Waals surface area (Å²) in [5, 5.41) is 10.4. The van der Waals surface area contributed by atoms with Gasteiger partial charge in [0.2, 0.25) is 5.91 Å². The Hall–Kier alpha value is -3.81. The molecular weight excluding hydrogens is 400 g/mol. The maximum atomic E-state index is 12.5. The van der Waals surface area contributed by atoms with Crippen LogP contribution in [0.1, 0.15) is 12.8 Å². The van der Waals surface area contributed by atoms with Crippen molar-refractivity contribution in [1.29, 1.82) is 0 Å². The zero-order valence-corrected chi connectivity index (χ0v) is 16.7. The quantitative estimate of drug-likeness (QED) is 0.650. The number of nitrogens with zero attached hydrogens (tertiary/aromatic N) is 1. The number of likely N-dealkylation sites (tertiary alicyclic amines) is 1. The fourth-order valence-electron chi connectivity index (χ4n) is 3.72. The van der Waals surface area contributed by atoms with Crippen molar-refractivity contribution in [2.45, 2.75) is 12.8 Å². The molecule has 8 nitrogen and oxygen atoms in total. The zero-order valence-electron chi connectivity index (χ0n) is 16.7. The Morgan fingerprint density at radius 3 is 2.52 bits per heavy atom. The second-order valence-electron chi connectivity index (χ2n) is 7.50. The number of hydrogen-bond acceptors (Lipinski definition) is 6. The van der Waals surface area contributed by atoms with Gasteiger partial charge < -0.3 is 24.9 Å². The molecule has 0 unspecified atom stereocenters. The predicted octanol–water partition coefficient (Wildman–Crippen LogP) is 2.27. The molecule has 2 amide bonds. The average molecular weight is 422 g/mol. The number of amides is 2. The number of phenols is 1. The zero-order chi connectivity index (χ0) is 22.0. The van der Waals surface area contributed by atoms with E-state index in [0.717, 1.165) is 5.56 Å². The van der Waals surface area contributed by atoms with E-state index in [2.05, 4.69) is 0 Å². The highest BCUT2D eigenvalue weighted by Gasteiger charge is 2.26. The molecular formula is C23H22N2O6. The minimum atomic E-state index is -0.377. The van der Waals surface area contributed by atoms with E-state index < -0.39 is 0 Å². The summed E-state index contributed by atoms with van der Waals surface area (Å²) in [6.45, 7) is 0.636. The number of primary amides is 1. The first-order chi connectivity index (χ1) is 14.9. The molecule has 0 saturated carbocycles. The van der Waals surface area contributed by atoms with Gasteiger partial charge >= 0.3 is 0 Å². The van der Waals surface area contributed by atoms with Gasteiger partial charge in [0, 0.05) is 42.8 Å². The second-order valence-corrected chi connectivity index (χ2v) is 7.50. The molecule has 2 aromatic carbocycles. The Balaban J connectivity index is 1.51. The third-order valence-corrected chi connectivity index (χ3v) is 5.45. The smallest absolute Gasteiger partial charge is 0.260 e. The number of aromatic hydroxyl groups is 1. The van der Waals surface area contributed by atoms with Gasteiger partial charge in [0.15, 0.2) is 12.0 Å². The van der Waals surface area contributed by atoms with Crippen molar-refractivity contribution in [3.05, 3.63) is 58.8 Å². The number of phenolic OH excluding ortho intramolecular Hbond substituents is 1. The highest BCUT2D eigenvalue weighted by molar-refractivity contribution is 5.86. The first kappa shape index (κ1) is 20.5. The monoisotopic (exact) mass is 422 g/mol. The summed E-state index contributed by atoms with van der Waals surface area (Å²) in [4.78, 5) is 37.8. The maximum absolute atomic E-state index is 12.5. The van der Waals surface area contributed by atoms with Gasteiger partial charge in [0.05, 0.1) is 0 Å². The molecule has 0 aliphatic carbocycles. The minimum Gasteiger partial charge on any atom is -0.507 e. The van der Waals surface area contributed by atoms with E-state index in [9.17, 15) is 19.5 Å². The summed E-state index contributed by atoms with van der Waals surface area (Å²) in [6, 6.07) is 13.2. The number of carbonyl (C=O) groups is 2. The molecule has 1 aliphatic rings. The van der Waals surface area contributed by atoms with E-state index in [1.807, 2.05) is 30.3 Å². The summed E-state index contributed by atoms with van der Waals surface area (Å²) in [5.74, 6) is -0.491. The highest BCUT2D eigenvalue weighted by atomic mass is 16.5. The highest BCUT2D eigenvalue weighted by Crippen LogP contribution is 2.31. The van der Waals surface area contributed by atoms with E-state index in [-0.39, 0.29) is 52.2 Å². The summed E-state index contributed by atoms with van der Waals surface area (Å²) >= 11 is 0. The number of fused-ring (bicyclic) bond motifs is 1. The van der Waals surface area contributed by atoms with Crippen LogP contribution < -0.4 is 15.9 Å². The first-order valence-corrected chi connectivity index (χ1v) is 9.98. The van der Waals surface area contributed by atoms with Crippen LogP contribution in [0.4, 0.5) is 0 Å². The van der Waals surface area contributed by atoms with E-state index in [0.29, 0.717) is 31.7 Å². The molecule has 8 heteroatoms. The van der Waals surface area contributed by atoms with Crippen molar-refractivity contribution in [1.82, 2.24) is 4.90 Å². The van der Waals surface area contributed by atoms with Crippen LogP contribution in [-0.4, -0.2) is 41.5 Å². The van der Waals surface area contributed by atoms with Crippen molar-refractivity contribution in [2.75, 3.05) is 19.7 Å². The average Bonchev–Trinajstić information content (AvgIpc) is 2.77. The molecule has 1 fully saturated rings. The van der Waals surface area contributed by atoms with Crippen LogP contribution in [0, 0.1) is 5.92 Å². The van der Waals surface area contributed by atoms with E-state index >= 15 is 0 Å². The number of hydrogen-bond donors (Lipinski definition) is 2. The second kappa shape index (κ2) is 8.51. The molecule has 160 valence electrons. The van der Waals surface area contributed by atoms with Crippen molar-refractivity contribution in [2.24, 2.45) is 11.7 Å². The molecule has 0 bridgehead atoms. The Kier molecular flexibility index (Phi) is 5.62. The van der Waals surface area contributed by atoms with Crippen LogP contribution in [0.3, 0.4) is 0 Å². The summed E-state index contributed by atoms with van der Waals surface area (Å²) in [5.41, 5.74) is 5.83. The molecule has 3 N–H and O–H groups in total. The summed E-state index contributed by atoms with van der Waals surface area (Å²) < 4.78 is 11.4. The summed E-state index contributed by atoms with van der Waals surface area (Å²) in [6.07, 6.45) is 1.07. The van der Waals surface area contributed by atoms with Gasteiger partial charge in [-0.3, -0.25) is 14.4 Å². The molecule has 1 aromatic heterocycles. The Labute approximate surface area is 177 Å². The molecule has 0 spiro atoms. The molecule has 31 heavy (non-hydrogen) atoms. The van der Waals surface area contributed by atoms with Gasteiger partial charge in [-0.05, 0) is 12.8 Å². The number of piperidine rings is 1. The van der Waals surface area contributed by atoms with Crippen molar-refractivity contribution in [3.8, 4) is 22.8 Å². The largest absolute Gasteiger partial charge is 0.507 e. The number of ether oxygens (including phenoxy) is 1. The molecule has 0 radical (unpaired) electrons. The fraction of sp³-hybridized carbons (Fsp3) is 0.261. The van der Waals surface area contributed by atoms with Gasteiger partial charge in [-0.25, -0.2) is 0 Å². The minimum absolute atomic E-state index is 0.0480. The lowest BCUT2D eigenvalue weighted by molar-refractivity contribution is -0.136. The SMILES string of the molecule is NC(=O)C1CCN(C(=O)COc2cc(O)c3c(=O)cc(-c4ccccc4)oc3c2)CC1. The van der Waals surface area contributed by atoms with Gasteiger partial charge in [-0.1, -0.05) is 30.3 Å². The number of nitrogens with two attached hydrogens (primary N) is 1. The third kappa shape index (κ3) is 4.37. The van der Waals surface area contributed by atoms with Gasteiger partial charge in [-0.15, -0.1) is 0 Å². The number of rotatable bonds is 5. The van der Waals surface area contributed by atoms with Gasteiger partial charge in [0.1, 0.15) is 28.2 Å². The van der Waals surface area contributed by atoms with Gasteiger partial charge in [-0.2, -0.15) is 0 Å². The Morgan fingerprint density at radius 2 is 1.84 bits per heavy atom. The fourth-order valence-corrected chi connectivity index (χ4v) is 3.72. The van der Waals surface area contributed by atoms with Gasteiger partial charge in [0.25, 0.3) is 5.91 Å². The predicted molar refractivity (Wildman–Crippen MR) is 114 cm³/mol. The lowest BCUT2D eigenvalue weighted by Gasteiger charge is -2.30. The van der Waals surface area contributed by atoms with Crippen LogP contribution in [-0.2, 0) is 9.59 Å². The van der Waals surface area contributed by atoms with Crippen LogP contribution in [0.2, 0.25) is 0 Å². The van der Waals surface area contributed by atoms with Crippen LogP contribution in [0.5, 0.6) is 11.5 Å². The molecule has 1 aliphatic heterocycles.